The Balaban J connectivity index is 1.69. The maximum absolute atomic E-state index is 12.9. The van der Waals surface area contributed by atoms with Gasteiger partial charge >= 0.3 is 6.09 Å². The van der Waals surface area contributed by atoms with Crippen molar-refractivity contribution >= 4 is 39.3 Å². The van der Waals surface area contributed by atoms with Gasteiger partial charge in [-0.2, -0.15) is 0 Å². The fraction of sp³-hybridized carbons (Fsp3) is 0.130. The first-order chi connectivity index (χ1) is 15.4. The number of hydrogen-bond acceptors (Lipinski definition) is 5. The van der Waals surface area contributed by atoms with Crippen LogP contribution in [-0.4, -0.2) is 23.0 Å². The van der Waals surface area contributed by atoms with E-state index >= 15 is 0 Å². The fourth-order valence-corrected chi connectivity index (χ4v) is 3.13. The molecule has 0 bridgehead atoms. The van der Waals surface area contributed by atoms with Crippen molar-refractivity contribution in [2.75, 3.05) is 5.32 Å². The number of anilines is 1. The van der Waals surface area contributed by atoms with Gasteiger partial charge in [0.25, 0.3) is 5.69 Å². The van der Waals surface area contributed by atoms with Crippen molar-refractivity contribution in [3.63, 3.8) is 0 Å². The number of halogens is 1. The maximum atomic E-state index is 12.9. The minimum atomic E-state index is -0.955. The molecule has 2 N–H and O–H groups in total. The third-order valence-electron chi connectivity index (χ3n) is 4.52. The standard InChI is InChI=1S/C23H20BrN3O5/c24-18-8-10-19(11-9-18)25-22(28)21(14-16-6-12-20(13-7-16)27(30)31)26-23(29)32-15-17-4-2-1-3-5-17/h1-13,21H,14-15H2,(H,25,28)(H,26,29)/t21-/m1/s1. The topological polar surface area (TPSA) is 111 Å². The zero-order valence-corrected chi connectivity index (χ0v) is 18.4. The summed E-state index contributed by atoms with van der Waals surface area (Å²) in [5.41, 5.74) is 1.97. The fourth-order valence-electron chi connectivity index (χ4n) is 2.87. The predicted molar refractivity (Wildman–Crippen MR) is 123 cm³/mol. The van der Waals surface area contributed by atoms with Crippen molar-refractivity contribution in [1.29, 1.82) is 0 Å². The van der Waals surface area contributed by atoms with Crippen LogP contribution in [0, 0.1) is 10.1 Å². The molecule has 0 heterocycles. The summed E-state index contributed by atoms with van der Waals surface area (Å²) < 4.78 is 6.10. The van der Waals surface area contributed by atoms with Crippen molar-refractivity contribution in [3.8, 4) is 0 Å². The van der Waals surface area contributed by atoms with E-state index in [-0.39, 0.29) is 18.7 Å². The first-order valence-electron chi connectivity index (χ1n) is 9.67. The lowest BCUT2D eigenvalue weighted by atomic mass is 10.0. The third kappa shape index (κ3) is 6.92. The highest BCUT2D eigenvalue weighted by Gasteiger charge is 2.23. The number of nitro groups is 1. The van der Waals surface area contributed by atoms with Crippen LogP contribution in [-0.2, 0) is 22.6 Å². The smallest absolute Gasteiger partial charge is 0.408 e. The number of carbonyl (C=O) groups excluding carboxylic acids is 2. The monoisotopic (exact) mass is 497 g/mol. The van der Waals surface area contributed by atoms with Gasteiger partial charge in [-0.15, -0.1) is 0 Å². The van der Waals surface area contributed by atoms with E-state index in [2.05, 4.69) is 26.6 Å². The molecule has 3 aromatic carbocycles. The lowest BCUT2D eigenvalue weighted by molar-refractivity contribution is -0.384. The molecule has 9 heteroatoms. The summed E-state index contributed by atoms with van der Waals surface area (Å²) in [6.45, 7) is 0.0608. The third-order valence-corrected chi connectivity index (χ3v) is 5.05. The van der Waals surface area contributed by atoms with Crippen LogP contribution in [0.25, 0.3) is 0 Å². The van der Waals surface area contributed by atoms with Gasteiger partial charge in [0, 0.05) is 28.7 Å². The largest absolute Gasteiger partial charge is 0.445 e. The normalized spacial score (nSPS) is 11.3. The summed E-state index contributed by atoms with van der Waals surface area (Å²) in [4.78, 5) is 35.6. The van der Waals surface area contributed by atoms with Crippen LogP contribution in [0.1, 0.15) is 11.1 Å². The summed E-state index contributed by atoms with van der Waals surface area (Å²) in [6.07, 6.45) is -0.618. The number of ether oxygens (including phenoxy) is 1. The number of nitrogens with zero attached hydrogens (tertiary/aromatic N) is 1. The number of benzene rings is 3. The van der Waals surface area contributed by atoms with Crippen LogP contribution in [0.15, 0.2) is 83.3 Å². The Bertz CT molecular complexity index is 1070. The SMILES string of the molecule is O=C(N[C@H](Cc1ccc([N+](=O)[O-])cc1)C(=O)Nc1ccc(Br)cc1)OCc1ccccc1. The molecular formula is C23H20BrN3O5. The second-order valence-corrected chi connectivity index (χ2v) is 7.80. The van der Waals surface area contributed by atoms with Gasteiger partial charge in [-0.25, -0.2) is 4.79 Å². The Hall–Kier alpha value is -3.72. The van der Waals surface area contributed by atoms with Crippen molar-refractivity contribution in [3.05, 3.63) is 105 Å². The average Bonchev–Trinajstić information content (AvgIpc) is 2.80. The lowest BCUT2D eigenvalue weighted by Crippen LogP contribution is -2.45. The average molecular weight is 498 g/mol. The van der Waals surface area contributed by atoms with Gasteiger partial charge < -0.3 is 15.4 Å². The highest BCUT2D eigenvalue weighted by Crippen LogP contribution is 2.16. The van der Waals surface area contributed by atoms with E-state index in [1.54, 1.807) is 36.4 Å². The Morgan fingerprint density at radius 1 is 0.938 bits per heavy atom. The summed E-state index contributed by atoms with van der Waals surface area (Å²) >= 11 is 3.34. The Morgan fingerprint density at radius 3 is 2.22 bits per heavy atom. The summed E-state index contributed by atoms with van der Waals surface area (Å²) in [5.74, 6) is -0.442. The van der Waals surface area contributed by atoms with Crippen LogP contribution in [0.2, 0.25) is 0 Å². The zero-order valence-electron chi connectivity index (χ0n) is 16.9. The van der Waals surface area contributed by atoms with Crippen molar-refractivity contribution in [2.45, 2.75) is 19.1 Å². The Labute approximate surface area is 192 Å². The van der Waals surface area contributed by atoms with E-state index in [1.165, 1.54) is 12.1 Å². The molecular weight excluding hydrogens is 478 g/mol. The molecule has 3 aromatic rings. The number of non-ortho nitro benzene ring substituents is 1. The van der Waals surface area contributed by atoms with E-state index in [0.717, 1.165) is 10.0 Å². The first-order valence-corrected chi connectivity index (χ1v) is 10.5. The molecule has 1 atom stereocenters. The molecule has 0 radical (unpaired) electrons. The summed E-state index contributed by atoms with van der Waals surface area (Å²) in [7, 11) is 0. The van der Waals surface area contributed by atoms with Crippen LogP contribution < -0.4 is 10.6 Å². The first kappa shape index (κ1) is 23.0. The Morgan fingerprint density at radius 2 is 1.59 bits per heavy atom. The zero-order chi connectivity index (χ0) is 22.9. The van der Waals surface area contributed by atoms with Crippen LogP contribution in [0.5, 0.6) is 0 Å². The van der Waals surface area contributed by atoms with Crippen LogP contribution in [0.4, 0.5) is 16.2 Å². The number of alkyl carbamates (subject to hydrolysis) is 1. The summed E-state index contributed by atoms with van der Waals surface area (Å²) in [5, 5.41) is 16.2. The molecule has 0 aliphatic carbocycles. The molecule has 0 spiro atoms. The molecule has 0 unspecified atom stereocenters. The number of hydrogen-bond donors (Lipinski definition) is 2. The molecule has 2 amide bonds. The minimum Gasteiger partial charge on any atom is -0.445 e. The van der Waals surface area contributed by atoms with E-state index in [1.807, 2.05) is 30.3 Å². The van der Waals surface area contributed by atoms with Crippen LogP contribution in [0.3, 0.4) is 0 Å². The van der Waals surface area contributed by atoms with Gasteiger partial charge in [0.05, 0.1) is 4.92 Å². The molecule has 0 aliphatic heterocycles. The predicted octanol–water partition coefficient (Wildman–Crippen LogP) is 4.83. The molecule has 0 aliphatic rings. The van der Waals surface area contributed by atoms with E-state index in [9.17, 15) is 19.7 Å². The highest BCUT2D eigenvalue weighted by molar-refractivity contribution is 9.10. The van der Waals surface area contributed by atoms with Gasteiger partial charge in [-0.1, -0.05) is 58.4 Å². The number of nitro benzene ring substituents is 1. The number of nitrogens with one attached hydrogen (secondary N) is 2. The highest BCUT2D eigenvalue weighted by atomic mass is 79.9. The van der Waals surface area contributed by atoms with Gasteiger partial charge in [-0.3, -0.25) is 14.9 Å². The number of rotatable bonds is 8. The summed E-state index contributed by atoms with van der Waals surface area (Å²) in [6, 6.07) is 21.0. The molecule has 0 aromatic heterocycles. The second kappa shape index (κ2) is 11.1. The van der Waals surface area contributed by atoms with Crippen LogP contribution >= 0.6 is 15.9 Å². The molecule has 0 saturated heterocycles. The van der Waals surface area contributed by atoms with E-state index in [4.69, 9.17) is 4.74 Å². The van der Waals surface area contributed by atoms with E-state index < -0.39 is 23.0 Å². The molecule has 0 fully saturated rings. The van der Waals surface area contributed by atoms with Gasteiger partial charge in [0.15, 0.2) is 0 Å². The van der Waals surface area contributed by atoms with Crippen molar-refractivity contribution in [1.82, 2.24) is 5.32 Å². The van der Waals surface area contributed by atoms with Crippen molar-refractivity contribution < 1.29 is 19.2 Å². The molecule has 0 saturated carbocycles. The Kier molecular flexibility index (Phi) is 7.93. The number of carbonyl (C=O) groups is 2. The van der Waals surface area contributed by atoms with Gasteiger partial charge in [0.2, 0.25) is 5.91 Å². The van der Waals surface area contributed by atoms with E-state index in [0.29, 0.717) is 11.3 Å². The molecule has 8 nitrogen and oxygen atoms in total. The molecule has 164 valence electrons. The quantitative estimate of drug-likeness (QED) is 0.341. The molecule has 3 rings (SSSR count). The number of amides is 2. The van der Waals surface area contributed by atoms with Gasteiger partial charge in [-0.05, 0) is 35.4 Å². The van der Waals surface area contributed by atoms with Crippen molar-refractivity contribution in [2.24, 2.45) is 0 Å². The maximum Gasteiger partial charge on any atom is 0.408 e. The van der Waals surface area contributed by atoms with Gasteiger partial charge in [0.1, 0.15) is 12.6 Å². The lowest BCUT2D eigenvalue weighted by Gasteiger charge is -2.19. The molecule has 32 heavy (non-hydrogen) atoms. The second-order valence-electron chi connectivity index (χ2n) is 6.88. The minimum absolute atomic E-state index is 0.0557.